The molecule has 2 heterocycles. The van der Waals surface area contributed by atoms with Crippen LogP contribution in [0.2, 0.25) is 5.02 Å². The molecule has 0 aliphatic carbocycles. The Kier molecular flexibility index (Phi) is 3.51. The van der Waals surface area contributed by atoms with Crippen LogP contribution in [0.25, 0.3) is 0 Å². The van der Waals surface area contributed by atoms with E-state index in [-0.39, 0.29) is 6.10 Å². The van der Waals surface area contributed by atoms with E-state index in [4.69, 9.17) is 21.1 Å². The molecule has 2 aromatic carbocycles. The second-order valence-electron chi connectivity index (χ2n) is 5.55. The van der Waals surface area contributed by atoms with Crippen molar-refractivity contribution in [3.8, 4) is 5.75 Å². The molecule has 22 heavy (non-hydrogen) atoms. The minimum absolute atomic E-state index is 0.0918. The van der Waals surface area contributed by atoms with E-state index in [1.54, 1.807) is 0 Å². The molecule has 0 fully saturated rings. The van der Waals surface area contributed by atoms with Gasteiger partial charge in [0.25, 0.3) is 0 Å². The molecular formula is C18H16ClNO2. The van der Waals surface area contributed by atoms with E-state index in [2.05, 4.69) is 29.3 Å². The topological polar surface area (TPSA) is 30.8 Å². The van der Waals surface area contributed by atoms with Crippen molar-refractivity contribution in [2.24, 2.45) is 4.99 Å². The van der Waals surface area contributed by atoms with Crippen LogP contribution in [0, 0.1) is 0 Å². The molecule has 0 spiro atoms. The van der Waals surface area contributed by atoms with Crippen molar-refractivity contribution in [2.45, 2.75) is 18.9 Å². The van der Waals surface area contributed by atoms with Crippen LogP contribution in [0.4, 0.5) is 0 Å². The van der Waals surface area contributed by atoms with E-state index in [0.717, 1.165) is 41.6 Å². The van der Waals surface area contributed by atoms with E-state index < -0.39 is 0 Å². The molecule has 1 unspecified atom stereocenters. The first-order chi connectivity index (χ1) is 10.8. The van der Waals surface area contributed by atoms with Crippen molar-refractivity contribution in [1.29, 1.82) is 0 Å². The van der Waals surface area contributed by atoms with E-state index in [9.17, 15) is 0 Å². The fourth-order valence-electron chi connectivity index (χ4n) is 2.94. The molecule has 4 heteroatoms. The minimum Gasteiger partial charge on any atom is -0.485 e. The van der Waals surface area contributed by atoms with Gasteiger partial charge in [-0.25, -0.2) is 4.99 Å². The highest BCUT2D eigenvalue weighted by Crippen LogP contribution is 2.36. The summed E-state index contributed by atoms with van der Waals surface area (Å²) in [5.74, 6) is 1.68. The Morgan fingerprint density at radius 3 is 2.73 bits per heavy atom. The van der Waals surface area contributed by atoms with Crippen molar-refractivity contribution < 1.29 is 9.47 Å². The maximum Gasteiger partial charge on any atom is 0.216 e. The number of aliphatic imine (C=N–C) groups is 1. The fraction of sp³-hybridized carbons (Fsp3) is 0.278. The molecular weight excluding hydrogens is 298 g/mol. The van der Waals surface area contributed by atoms with E-state index >= 15 is 0 Å². The normalized spacial score (nSPS) is 19.9. The van der Waals surface area contributed by atoms with Crippen LogP contribution in [-0.2, 0) is 11.2 Å². The van der Waals surface area contributed by atoms with Gasteiger partial charge >= 0.3 is 0 Å². The summed E-state index contributed by atoms with van der Waals surface area (Å²) >= 11 is 6.03. The molecule has 0 amide bonds. The van der Waals surface area contributed by atoms with Crippen molar-refractivity contribution in [3.05, 3.63) is 64.2 Å². The third-order valence-electron chi connectivity index (χ3n) is 4.08. The van der Waals surface area contributed by atoms with Gasteiger partial charge in [0.2, 0.25) is 5.90 Å². The van der Waals surface area contributed by atoms with Crippen molar-refractivity contribution >= 4 is 17.5 Å². The van der Waals surface area contributed by atoms with Crippen molar-refractivity contribution in [2.75, 3.05) is 13.2 Å². The Morgan fingerprint density at radius 1 is 1.09 bits per heavy atom. The van der Waals surface area contributed by atoms with Gasteiger partial charge in [0.15, 0.2) is 0 Å². The van der Waals surface area contributed by atoms with Crippen LogP contribution in [-0.4, -0.2) is 19.0 Å². The number of hydrogen-bond acceptors (Lipinski definition) is 3. The molecule has 0 saturated carbocycles. The summed E-state index contributed by atoms with van der Waals surface area (Å²) in [6.07, 6.45) is 2.04. The molecule has 112 valence electrons. The third kappa shape index (κ3) is 2.57. The predicted octanol–water partition coefficient (Wildman–Crippen LogP) is 4.18. The first-order valence-electron chi connectivity index (χ1n) is 7.52. The number of benzene rings is 2. The predicted molar refractivity (Wildman–Crippen MR) is 86.9 cm³/mol. The lowest BCUT2D eigenvalue weighted by Crippen LogP contribution is -2.15. The fourth-order valence-corrected chi connectivity index (χ4v) is 3.14. The molecule has 2 aromatic rings. The van der Waals surface area contributed by atoms with Crippen LogP contribution in [0.5, 0.6) is 5.75 Å². The summed E-state index contributed by atoms with van der Waals surface area (Å²) in [4.78, 5) is 4.34. The first-order valence-corrected chi connectivity index (χ1v) is 7.90. The Hall–Kier alpha value is -2.00. The SMILES string of the molecule is Clc1ccc2c(c1)CCC(c1ccc(C3=NCCO3)cc1)O2. The van der Waals surface area contributed by atoms with Gasteiger partial charge in [-0.05, 0) is 54.3 Å². The monoisotopic (exact) mass is 313 g/mol. The van der Waals surface area contributed by atoms with Crippen LogP contribution in [0.1, 0.15) is 29.2 Å². The number of aryl methyl sites for hydroxylation is 1. The zero-order chi connectivity index (χ0) is 14.9. The van der Waals surface area contributed by atoms with Gasteiger partial charge in [0, 0.05) is 10.6 Å². The van der Waals surface area contributed by atoms with Crippen molar-refractivity contribution in [1.82, 2.24) is 0 Å². The molecule has 0 N–H and O–H groups in total. The van der Waals surface area contributed by atoms with Crippen LogP contribution < -0.4 is 4.74 Å². The van der Waals surface area contributed by atoms with Gasteiger partial charge in [-0.1, -0.05) is 23.7 Å². The minimum atomic E-state index is 0.0918. The number of halogens is 1. The average molecular weight is 314 g/mol. The van der Waals surface area contributed by atoms with Gasteiger partial charge in [-0.2, -0.15) is 0 Å². The number of nitrogens with zero attached hydrogens (tertiary/aromatic N) is 1. The number of ether oxygens (including phenoxy) is 2. The summed E-state index contributed by atoms with van der Waals surface area (Å²) in [7, 11) is 0. The van der Waals surface area contributed by atoms with Crippen molar-refractivity contribution in [3.63, 3.8) is 0 Å². The molecule has 0 saturated heterocycles. The van der Waals surface area contributed by atoms with Gasteiger partial charge in [-0.3, -0.25) is 0 Å². The highest BCUT2D eigenvalue weighted by atomic mass is 35.5. The lowest BCUT2D eigenvalue weighted by atomic mass is 9.97. The molecule has 3 nitrogen and oxygen atoms in total. The maximum absolute atomic E-state index is 6.12. The second kappa shape index (κ2) is 5.65. The highest BCUT2D eigenvalue weighted by molar-refractivity contribution is 6.30. The number of hydrogen-bond donors (Lipinski definition) is 0. The molecule has 2 aliphatic heterocycles. The van der Waals surface area contributed by atoms with Gasteiger partial charge in [0.1, 0.15) is 18.5 Å². The summed E-state index contributed by atoms with van der Waals surface area (Å²) in [6, 6.07) is 14.1. The van der Waals surface area contributed by atoms with Crippen LogP contribution >= 0.6 is 11.6 Å². The lowest BCUT2D eigenvalue weighted by Gasteiger charge is -2.26. The van der Waals surface area contributed by atoms with E-state index in [1.165, 1.54) is 11.1 Å². The van der Waals surface area contributed by atoms with E-state index in [0.29, 0.717) is 6.61 Å². The zero-order valence-electron chi connectivity index (χ0n) is 12.1. The standard InChI is InChI=1S/C18H16ClNO2/c19-15-6-8-17-14(11-15)5-7-16(22-17)12-1-3-13(4-2-12)18-20-9-10-21-18/h1-4,6,8,11,16H,5,7,9-10H2. The first kappa shape index (κ1) is 13.6. The maximum atomic E-state index is 6.12. The second-order valence-corrected chi connectivity index (χ2v) is 5.99. The molecule has 4 rings (SSSR count). The van der Waals surface area contributed by atoms with Crippen LogP contribution in [0.3, 0.4) is 0 Å². The smallest absolute Gasteiger partial charge is 0.216 e. The molecule has 0 radical (unpaired) electrons. The molecule has 0 bridgehead atoms. The van der Waals surface area contributed by atoms with Gasteiger partial charge in [-0.15, -0.1) is 0 Å². The summed E-state index contributed by atoms with van der Waals surface area (Å²) in [5, 5.41) is 0.766. The lowest BCUT2D eigenvalue weighted by molar-refractivity contribution is 0.176. The number of fused-ring (bicyclic) bond motifs is 1. The Balaban J connectivity index is 1.54. The summed E-state index contributed by atoms with van der Waals surface area (Å²) < 4.78 is 11.6. The molecule has 1 atom stereocenters. The van der Waals surface area contributed by atoms with Crippen LogP contribution in [0.15, 0.2) is 47.5 Å². The third-order valence-corrected chi connectivity index (χ3v) is 4.32. The largest absolute Gasteiger partial charge is 0.485 e. The Morgan fingerprint density at radius 2 is 1.95 bits per heavy atom. The zero-order valence-corrected chi connectivity index (χ0v) is 12.8. The number of rotatable bonds is 2. The van der Waals surface area contributed by atoms with E-state index in [1.807, 2.05) is 18.2 Å². The average Bonchev–Trinajstić information content (AvgIpc) is 3.09. The molecule has 0 aromatic heterocycles. The van der Waals surface area contributed by atoms with Gasteiger partial charge in [0.05, 0.1) is 6.54 Å². The molecule has 2 aliphatic rings. The van der Waals surface area contributed by atoms with Gasteiger partial charge < -0.3 is 9.47 Å². The summed E-state index contributed by atoms with van der Waals surface area (Å²) in [5.41, 5.74) is 3.40. The Labute approximate surface area is 134 Å². The quantitative estimate of drug-likeness (QED) is 0.832. The summed E-state index contributed by atoms with van der Waals surface area (Å²) in [6.45, 7) is 1.43. The Bertz CT molecular complexity index is 724. The highest BCUT2D eigenvalue weighted by Gasteiger charge is 2.22.